The van der Waals surface area contributed by atoms with Crippen molar-refractivity contribution in [3.8, 4) is 0 Å². The van der Waals surface area contributed by atoms with E-state index in [1.807, 2.05) is 56.3 Å². The van der Waals surface area contributed by atoms with Crippen molar-refractivity contribution in [2.75, 3.05) is 0 Å². The second-order valence-corrected chi connectivity index (χ2v) is 4.85. The molecule has 19 heavy (non-hydrogen) atoms. The quantitative estimate of drug-likeness (QED) is 0.539. The van der Waals surface area contributed by atoms with Gasteiger partial charge in [-0.15, -0.1) is 0 Å². The van der Waals surface area contributed by atoms with Gasteiger partial charge in [-0.3, -0.25) is 0 Å². The molecule has 0 saturated carbocycles. The summed E-state index contributed by atoms with van der Waals surface area (Å²) < 4.78 is 1.00. The molecule has 0 amide bonds. The molecule has 0 saturated heterocycles. The number of rotatable bonds is 0. The lowest BCUT2D eigenvalue weighted by molar-refractivity contribution is 1.44. The first-order valence-corrected chi connectivity index (χ1v) is 6.44. The highest BCUT2D eigenvalue weighted by Gasteiger charge is 1.94. The maximum atomic E-state index is 6.72. The van der Waals surface area contributed by atoms with Crippen LogP contribution in [-0.4, -0.2) is 0 Å². The van der Waals surface area contributed by atoms with Crippen molar-refractivity contribution < 1.29 is 0 Å². The van der Waals surface area contributed by atoms with Crippen LogP contribution < -0.4 is 0 Å². The van der Waals surface area contributed by atoms with E-state index in [2.05, 4.69) is 25.6 Å². The summed E-state index contributed by atoms with van der Waals surface area (Å²) in [5.74, 6) is 0. The molecule has 0 spiro atoms. The largest absolute Gasteiger partial charge is 0.238 e. The topological polar surface area (TPSA) is 8.72 Å². The fourth-order valence-electron chi connectivity index (χ4n) is 1.27. The molecular formula is C16H13BrN2. The molecule has 0 heterocycles. The summed E-state index contributed by atoms with van der Waals surface area (Å²) in [4.78, 5) is 6.55. The Kier molecular flexibility index (Phi) is 5.79. The lowest BCUT2D eigenvalue weighted by Crippen LogP contribution is -1.71. The molecule has 94 valence electrons. The van der Waals surface area contributed by atoms with E-state index in [1.165, 1.54) is 5.56 Å². The smallest absolute Gasteiger partial charge is 0.188 e. The third kappa shape index (κ3) is 4.95. The van der Waals surface area contributed by atoms with Gasteiger partial charge in [0.2, 0.25) is 0 Å². The van der Waals surface area contributed by atoms with Crippen molar-refractivity contribution in [3.63, 3.8) is 0 Å². The highest BCUT2D eigenvalue weighted by molar-refractivity contribution is 9.10. The van der Waals surface area contributed by atoms with Crippen LogP contribution in [0.2, 0.25) is 0 Å². The Labute approximate surface area is 122 Å². The van der Waals surface area contributed by atoms with Gasteiger partial charge in [0.15, 0.2) is 11.4 Å². The first-order chi connectivity index (χ1) is 9.06. The van der Waals surface area contributed by atoms with E-state index in [-0.39, 0.29) is 0 Å². The molecule has 3 heteroatoms. The van der Waals surface area contributed by atoms with Gasteiger partial charge >= 0.3 is 0 Å². The minimum atomic E-state index is 0.678. The van der Waals surface area contributed by atoms with Crippen LogP contribution in [0.3, 0.4) is 0 Å². The number of benzene rings is 2. The summed E-state index contributed by atoms with van der Waals surface area (Å²) in [6.45, 7) is 17.4. The van der Waals surface area contributed by atoms with Crippen molar-refractivity contribution in [3.05, 3.63) is 80.9 Å². The molecule has 0 N–H and O–H groups in total. The van der Waals surface area contributed by atoms with Crippen LogP contribution in [0, 0.1) is 27.0 Å². The van der Waals surface area contributed by atoms with E-state index in [1.54, 1.807) is 0 Å². The third-order valence-corrected chi connectivity index (χ3v) is 3.30. The Morgan fingerprint density at radius 1 is 0.842 bits per heavy atom. The predicted octanol–water partition coefficient (Wildman–Crippen LogP) is 5.85. The van der Waals surface area contributed by atoms with Gasteiger partial charge in [-0.1, -0.05) is 57.9 Å². The van der Waals surface area contributed by atoms with Gasteiger partial charge < -0.3 is 0 Å². The van der Waals surface area contributed by atoms with E-state index in [4.69, 9.17) is 13.1 Å². The van der Waals surface area contributed by atoms with Crippen molar-refractivity contribution in [2.45, 2.75) is 13.8 Å². The molecule has 0 fully saturated rings. The van der Waals surface area contributed by atoms with Crippen molar-refractivity contribution in [1.29, 1.82) is 0 Å². The van der Waals surface area contributed by atoms with Crippen LogP contribution in [0.4, 0.5) is 11.4 Å². The average molecular weight is 313 g/mol. The van der Waals surface area contributed by atoms with E-state index in [0.29, 0.717) is 11.4 Å². The molecule has 0 aliphatic rings. The highest BCUT2D eigenvalue weighted by atomic mass is 79.9. The zero-order chi connectivity index (χ0) is 14.3. The number of hydrogen-bond acceptors (Lipinski definition) is 0. The summed E-state index contributed by atoms with van der Waals surface area (Å²) in [7, 11) is 0. The zero-order valence-corrected chi connectivity index (χ0v) is 12.4. The van der Waals surface area contributed by atoms with Crippen LogP contribution in [0.25, 0.3) is 9.69 Å². The van der Waals surface area contributed by atoms with Gasteiger partial charge in [-0.25, -0.2) is 9.69 Å². The van der Waals surface area contributed by atoms with Crippen LogP contribution >= 0.6 is 15.9 Å². The average Bonchev–Trinajstić information content (AvgIpc) is 2.43. The molecule has 2 rings (SSSR count). The minimum Gasteiger partial charge on any atom is -0.238 e. The van der Waals surface area contributed by atoms with E-state index >= 15 is 0 Å². The van der Waals surface area contributed by atoms with Crippen molar-refractivity contribution in [2.24, 2.45) is 0 Å². The molecule has 0 atom stereocenters. The molecule has 0 aliphatic heterocycles. The van der Waals surface area contributed by atoms with E-state index in [0.717, 1.165) is 10.0 Å². The lowest BCUT2D eigenvalue weighted by atomic mass is 10.2. The van der Waals surface area contributed by atoms with Gasteiger partial charge in [0.05, 0.1) is 13.1 Å². The normalized spacial score (nSPS) is 8.68. The fourth-order valence-corrected chi connectivity index (χ4v) is 1.64. The SMILES string of the molecule is [C-]#[N+]c1ccc(C)c(Br)c1.[C-]#[N+]c1ccc(C)cc1. The molecular weight excluding hydrogens is 300 g/mol. The Balaban J connectivity index is 0.000000191. The Bertz CT molecular complexity index is 631. The van der Waals surface area contributed by atoms with Crippen molar-refractivity contribution >= 4 is 27.3 Å². The third-order valence-electron chi connectivity index (χ3n) is 2.45. The Morgan fingerprint density at radius 2 is 1.37 bits per heavy atom. The van der Waals surface area contributed by atoms with E-state index < -0.39 is 0 Å². The summed E-state index contributed by atoms with van der Waals surface area (Å²) >= 11 is 3.34. The van der Waals surface area contributed by atoms with Crippen LogP contribution in [0.1, 0.15) is 11.1 Å². The van der Waals surface area contributed by atoms with Crippen LogP contribution in [0.5, 0.6) is 0 Å². The molecule has 2 nitrogen and oxygen atoms in total. The summed E-state index contributed by atoms with van der Waals surface area (Å²) in [6, 6.07) is 13.1. The summed E-state index contributed by atoms with van der Waals surface area (Å²) in [5.41, 5.74) is 3.74. The van der Waals surface area contributed by atoms with Crippen LogP contribution in [-0.2, 0) is 0 Å². The summed E-state index contributed by atoms with van der Waals surface area (Å²) in [6.07, 6.45) is 0. The zero-order valence-electron chi connectivity index (χ0n) is 10.8. The molecule has 2 aromatic rings. The number of nitrogens with zero attached hydrogens (tertiary/aromatic N) is 2. The maximum Gasteiger partial charge on any atom is 0.188 e. The van der Waals surface area contributed by atoms with Gasteiger partial charge in [0, 0.05) is 4.47 Å². The Morgan fingerprint density at radius 3 is 1.84 bits per heavy atom. The number of halogens is 1. The van der Waals surface area contributed by atoms with Gasteiger partial charge in [0.1, 0.15) is 0 Å². The second-order valence-electron chi connectivity index (χ2n) is 3.99. The molecule has 2 aromatic carbocycles. The predicted molar refractivity (Wildman–Crippen MR) is 82.6 cm³/mol. The Hall–Kier alpha value is -2.10. The van der Waals surface area contributed by atoms with Crippen molar-refractivity contribution in [1.82, 2.24) is 0 Å². The standard InChI is InChI=1S/C8H6BrN.C8H7N/c1-6-3-4-7(10-2)5-8(6)9;1-7-3-5-8(9-2)6-4-7/h3-5H,1H3;3-6H,1H3. The molecule has 0 aliphatic carbocycles. The van der Waals surface area contributed by atoms with Crippen LogP contribution in [0.15, 0.2) is 46.9 Å². The first-order valence-electron chi connectivity index (χ1n) is 5.64. The molecule has 0 radical (unpaired) electrons. The van der Waals surface area contributed by atoms with Gasteiger partial charge in [-0.2, -0.15) is 0 Å². The maximum absolute atomic E-state index is 6.72. The lowest BCUT2D eigenvalue weighted by Gasteiger charge is -1.95. The highest BCUT2D eigenvalue weighted by Crippen LogP contribution is 2.22. The monoisotopic (exact) mass is 312 g/mol. The summed E-state index contributed by atoms with van der Waals surface area (Å²) in [5, 5.41) is 0. The minimum absolute atomic E-state index is 0.678. The van der Waals surface area contributed by atoms with Gasteiger partial charge in [-0.05, 0) is 25.5 Å². The first kappa shape index (κ1) is 15.0. The van der Waals surface area contributed by atoms with E-state index in [9.17, 15) is 0 Å². The number of hydrogen-bond donors (Lipinski definition) is 0. The molecule has 0 unspecified atom stereocenters. The van der Waals surface area contributed by atoms with Gasteiger partial charge in [0.25, 0.3) is 0 Å². The molecule has 0 bridgehead atoms. The fraction of sp³-hybridized carbons (Fsp3) is 0.125. The molecule has 0 aromatic heterocycles. The second kappa shape index (κ2) is 7.36. The number of aryl methyl sites for hydroxylation is 2.